The van der Waals surface area contributed by atoms with Crippen LogP contribution < -0.4 is 15.4 Å². The van der Waals surface area contributed by atoms with Crippen molar-refractivity contribution in [2.45, 2.75) is 31.0 Å². The zero-order chi connectivity index (χ0) is 27.7. The van der Waals surface area contributed by atoms with E-state index < -0.39 is 44.1 Å². The van der Waals surface area contributed by atoms with Crippen molar-refractivity contribution in [3.8, 4) is 0 Å². The average Bonchev–Trinajstić information content (AvgIpc) is 3.20. The highest BCUT2D eigenvalue weighted by Gasteiger charge is 2.37. The highest BCUT2D eigenvalue weighted by Crippen LogP contribution is 2.35. The summed E-state index contributed by atoms with van der Waals surface area (Å²) in [6.45, 7) is 2.49. The molecule has 0 unspecified atom stereocenters. The number of carbonyl (C=O) groups is 1. The SMILES string of the molecule is CCCn1c(NC(=O)c2ccc(F)c(NS(=O)(=O)c3ccccc3C(F)(F)F)c2)nc2cc(NC)ccc21. The first-order chi connectivity index (χ1) is 17.9. The first-order valence-corrected chi connectivity index (χ1v) is 12.9. The molecule has 1 amide bonds. The minimum absolute atomic E-state index is 0.140. The van der Waals surface area contributed by atoms with Crippen LogP contribution in [0.2, 0.25) is 0 Å². The standard InChI is InChI=1S/C25H23F4N5O3S/c1-3-12-34-21-11-9-16(30-2)14-20(21)31-24(34)32-23(35)15-8-10-18(26)19(13-15)33-38(36,37)22-7-5-4-6-17(22)25(27,28)29/h4-11,13-14,30,33H,3,12H2,1-2H3,(H,31,32,35). The van der Waals surface area contributed by atoms with E-state index in [0.29, 0.717) is 18.1 Å². The summed E-state index contributed by atoms with van der Waals surface area (Å²) in [6, 6.07) is 11.9. The van der Waals surface area contributed by atoms with Gasteiger partial charge in [-0.25, -0.2) is 17.8 Å². The second kappa shape index (κ2) is 10.3. The topological polar surface area (TPSA) is 105 Å². The van der Waals surface area contributed by atoms with Crippen molar-refractivity contribution in [2.24, 2.45) is 0 Å². The fourth-order valence-corrected chi connectivity index (χ4v) is 5.17. The number of nitrogens with one attached hydrogen (secondary N) is 3. The lowest BCUT2D eigenvalue weighted by Gasteiger charge is -2.15. The van der Waals surface area contributed by atoms with Crippen molar-refractivity contribution in [1.82, 2.24) is 9.55 Å². The van der Waals surface area contributed by atoms with Crippen molar-refractivity contribution in [1.29, 1.82) is 0 Å². The van der Waals surface area contributed by atoms with Crippen molar-refractivity contribution in [3.63, 3.8) is 0 Å². The van der Waals surface area contributed by atoms with Crippen molar-refractivity contribution < 1.29 is 30.8 Å². The van der Waals surface area contributed by atoms with Gasteiger partial charge in [-0.05, 0) is 55.0 Å². The zero-order valence-electron chi connectivity index (χ0n) is 20.2. The number of alkyl halides is 3. The summed E-state index contributed by atoms with van der Waals surface area (Å²) in [5.41, 5.74) is -0.0137. The van der Waals surface area contributed by atoms with E-state index in [9.17, 15) is 30.8 Å². The van der Waals surface area contributed by atoms with Gasteiger partial charge in [-0.15, -0.1) is 0 Å². The Hall–Kier alpha value is -4.13. The highest BCUT2D eigenvalue weighted by molar-refractivity contribution is 7.92. The van der Waals surface area contributed by atoms with Crippen molar-refractivity contribution in [2.75, 3.05) is 22.4 Å². The monoisotopic (exact) mass is 549 g/mol. The number of amides is 1. The molecule has 3 N–H and O–H groups in total. The van der Waals surface area contributed by atoms with Crippen LogP contribution in [0.4, 0.5) is 34.9 Å². The van der Waals surface area contributed by atoms with Gasteiger partial charge in [0.05, 0.1) is 27.2 Å². The van der Waals surface area contributed by atoms with Gasteiger partial charge < -0.3 is 9.88 Å². The Bertz CT molecular complexity index is 1620. The molecule has 3 aromatic carbocycles. The van der Waals surface area contributed by atoms with Crippen LogP contribution in [0.3, 0.4) is 0 Å². The number of anilines is 3. The number of benzene rings is 3. The van der Waals surface area contributed by atoms with E-state index in [1.165, 1.54) is 0 Å². The molecule has 4 rings (SSSR count). The van der Waals surface area contributed by atoms with Gasteiger partial charge in [-0.2, -0.15) is 13.2 Å². The normalized spacial score (nSPS) is 11.9. The molecule has 1 aromatic heterocycles. The van der Waals surface area contributed by atoms with Crippen molar-refractivity contribution >= 4 is 44.3 Å². The van der Waals surface area contributed by atoms with Crippen LogP contribution in [0.25, 0.3) is 11.0 Å². The van der Waals surface area contributed by atoms with Gasteiger partial charge in [0.15, 0.2) is 0 Å². The lowest BCUT2D eigenvalue weighted by atomic mass is 10.2. The number of halogens is 4. The minimum atomic E-state index is -4.95. The Labute approximate surface area is 215 Å². The van der Waals surface area contributed by atoms with Crippen LogP contribution in [0.5, 0.6) is 0 Å². The second-order valence-corrected chi connectivity index (χ2v) is 9.94. The Morgan fingerprint density at radius 2 is 1.79 bits per heavy atom. The highest BCUT2D eigenvalue weighted by atomic mass is 32.2. The third kappa shape index (κ3) is 5.42. The molecule has 0 aliphatic carbocycles. The van der Waals surface area contributed by atoms with E-state index in [0.717, 1.165) is 54.0 Å². The Kier molecular flexibility index (Phi) is 7.31. The van der Waals surface area contributed by atoms with Gasteiger partial charge in [-0.3, -0.25) is 14.8 Å². The third-order valence-corrected chi connectivity index (χ3v) is 7.09. The molecule has 1 heterocycles. The van der Waals surface area contributed by atoms with Crippen molar-refractivity contribution in [3.05, 3.63) is 77.6 Å². The van der Waals surface area contributed by atoms with Gasteiger partial charge in [0.1, 0.15) is 5.82 Å². The molecule has 0 saturated heterocycles. The number of aromatic nitrogens is 2. The molecular weight excluding hydrogens is 526 g/mol. The number of nitrogens with zero attached hydrogens (tertiary/aromatic N) is 2. The van der Waals surface area contributed by atoms with Crippen LogP contribution in [0, 0.1) is 5.82 Å². The zero-order valence-corrected chi connectivity index (χ0v) is 21.0. The van der Waals surface area contributed by atoms with E-state index in [1.807, 2.05) is 23.8 Å². The summed E-state index contributed by atoms with van der Waals surface area (Å²) in [6.07, 6.45) is -4.21. The quantitative estimate of drug-likeness (QED) is 0.245. The van der Waals surface area contributed by atoms with Gasteiger partial charge in [0, 0.05) is 24.8 Å². The van der Waals surface area contributed by atoms with Crippen LogP contribution in [0.1, 0.15) is 29.3 Å². The molecule has 0 bridgehead atoms. The first kappa shape index (κ1) is 26.9. The number of hydrogen-bond donors (Lipinski definition) is 3. The average molecular weight is 550 g/mol. The minimum Gasteiger partial charge on any atom is -0.388 e. The summed E-state index contributed by atoms with van der Waals surface area (Å²) < 4.78 is 83.7. The fourth-order valence-electron chi connectivity index (χ4n) is 3.88. The molecule has 200 valence electrons. The molecule has 0 radical (unpaired) electrons. The van der Waals surface area contributed by atoms with Gasteiger partial charge in [0.2, 0.25) is 5.95 Å². The van der Waals surface area contributed by atoms with E-state index in [-0.39, 0.29) is 11.5 Å². The van der Waals surface area contributed by atoms with E-state index in [2.05, 4.69) is 15.6 Å². The van der Waals surface area contributed by atoms with Crippen LogP contribution in [0.15, 0.2) is 65.6 Å². The molecule has 0 saturated carbocycles. The van der Waals surface area contributed by atoms with Gasteiger partial charge in [0.25, 0.3) is 15.9 Å². The maximum atomic E-state index is 14.5. The summed E-state index contributed by atoms with van der Waals surface area (Å²) in [5, 5.41) is 5.66. The van der Waals surface area contributed by atoms with Crippen LogP contribution in [-0.4, -0.2) is 30.9 Å². The molecule has 0 atom stereocenters. The number of rotatable bonds is 8. The second-order valence-electron chi connectivity index (χ2n) is 8.29. The molecule has 0 aliphatic heterocycles. The molecular formula is C25H23F4N5O3S. The predicted molar refractivity (Wildman–Crippen MR) is 136 cm³/mol. The Morgan fingerprint density at radius 3 is 2.47 bits per heavy atom. The molecule has 0 fully saturated rings. The smallest absolute Gasteiger partial charge is 0.388 e. The maximum absolute atomic E-state index is 14.5. The summed E-state index contributed by atoms with van der Waals surface area (Å²) in [7, 11) is -3.09. The lowest BCUT2D eigenvalue weighted by Crippen LogP contribution is -2.20. The van der Waals surface area contributed by atoms with E-state index >= 15 is 0 Å². The number of carbonyl (C=O) groups excluding carboxylic acids is 1. The summed E-state index contributed by atoms with van der Waals surface area (Å²) >= 11 is 0. The summed E-state index contributed by atoms with van der Waals surface area (Å²) in [4.78, 5) is 16.4. The molecule has 0 aliphatic rings. The molecule has 13 heteroatoms. The van der Waals surface area contributed by atoms with E-state index in [4.69, 9.17) is 0 Å². The predicted octanol–water partition coefficient (Wildman–Crippen LogP) is 5.70. The van der Waals surface area contributed by atoms with Crippen LogP contribution >= 0.6 is 0 Å². The molecule has 8 nitrogen and oxygen atoms in total. The van der Waals surface area contributed by atoms with Gasteiger partial charge in [-0.1, -0.05) is 19.1 Å². The van der Waals surface area contributed by atoms with Crippen LogP contribution in [-0.2, 0) is 22.7 Å². The first-order valence-electron chi connectivity index (χ1n) is 11.4. The number of sulfonamides is 1. The Morgan fingerprint density at radius 1 is 1.05 bits per heavy atom. The van der Waals surface area contributed by atoms with Gasteiger partial charge >= 0.3 is 6.18 Å². The number of fused-ring (bicyclic) bond motifs is 1. The van der Waals surface area contributed by atoms with E-state index in [1.54, 1.807) is 17.7 Å². The maximum Gasteiger partial charge on any atom is 0.417 e. The molecule has 38 heavy (non-hydrogen) atoms. The molecule has 4 aromatic rings. The Balaban J connectivity index is 1.65. The molecule has 0 spiro atoms. The number of aryl methyl sites for hydroxylation is 1. The number of hydrogen-bond acceptors (Lipinski definition) is 5. The lowest BCUT2D eigenvalue weighted by molar-refractivity contribution is -0.139. The third-order valence-electron chi connectivity index (χ3n) is 5.66. The number of imidazole rings is 1. The largest absolute Gasteiger partial charge is 0.417 e. The summed E-state index contributed by atoms with van der Waals surface area (Å²) in [5.74, 6) is -1.57. The fraction of sp³-hybridized carbons (Fsp3) is 0.200.